The largest absolute Gasteiger partial charge is 0.550 e. The van der Waals surface area contributed by atoms with Crippen molar-refractivity contribution in [2.45, 2.75) is 32.1 Å². The summed E-state index contributed by atoms with van der Waals surface area (Å²) in [5, 5.41) is 10.2. The molecule has 0 atom stereocenters. The van der Waals surface area contributed by atoms with E-state index < -0.39 is 5.97 Å². The van der Waals surface area contributed by atoms with Crippen molar-refractivity contribution >= 4 is 5.97 Å². The van der Waals surface area contributed by atoms with Gasteiger partial charge in [0, 0.05) is 12.4 Å². The number of terminal acetylenes is 1. The van der Waals surface area contributed by atoms with Gasteiger partial charge in [0.25, 0.3) is 0 Å². The van der Waals surface area contributed by atoms with Gasteiger partial charge in [0.05, 0.1) is 0 Å². The Morgan fingerprint density at radius 1 is 0.727 bits per heavy atom. The Morgan fingerprint density at radius 3 is 1.73 bits per heavy atom. The molecule has 0 saturated heterocycles. The zero-order valence-corrected chi connectivity index (χ0v) is 11.9. The van der Waals surface area contributed by atoms with Crippen LogP contribution in [0.2, 0.25) is 0 Å². The average Bonchev–Trinajstić information content (AvgIpc) is 2.50. The summed E-state index contributed by atoms with van der Waals surface area (Å²) in [6.07, 6.45) is 7.97. The van der Waals surface area contributed by atoms with E-state index in [1.54, 1.807) is 0 Å². The van der Waals surface area contributed by atoms with E-state index in [-0.39, 0.29) is 6.42 Å². The Bertz CT molecular complexity index is 784. The molecule has 22 heavy (non-hydrogen) atoms. The second-order valence-electron chi connectivity index (χ2n) is 3.63. The van der Waals surface area contributed by atoms with Crippen LogP contribution in [0.3, 0.4) is 0 Å². The summed E-state index contributed by atoms with van der Waals surface area (Å²) < 4.78 is 0. The monoisotopic (exact) mass is 283 g/mol. The molecular formula is C20H11O2-. The van der Waals surface area contributed by atoms with Crippen LogP contribution in [-0.4, -0.2) is 5.97 Å². The molecule has 0 bridgehead atoms. The van der Waals surface area contributed by atoms with Crippen molar-refractivity contribution in [3.63, 3.8) is 0 Å². The summed E-state index contributed by atoms with van der Waals surface area (Å²) in [6.45, 7) is 0. The molecule has 0 fully saturated rings. The van der Waals surface area contributed by atoms with E-state index in [1.807, 2.05) is 0 Å². The predicted molar refractivity (Wildman–Crippen MR) is 83.6 cm³/mol. The lowest BCUT2D eigenvalue weighted by Crippen LogP contribution is -2.21. The molecule has 0 N–H and O–H groups in total. The number of rotatable bonds is 5. The Hall–Kier alpha value is -3.61. The highest BCUT2D eigenvalue weighted by molar-refractivity contribution is 5.64. The lowest BCUT2D eigenvalue weighted by atomic mass is 10.1. The van der Waals surface area contributed by atoms with Crippen molar-refractivity contribution < 1.29 is 9.90 Å². The predicted octanol–water partition coefficient (Wildman–Crippen LogP) is 0.340. The maximum absolute atomic E-state index is 10.2. The maximum Gasteiger partial charge on any atom is 0.0414 e. The molecule has 0 aliphatic carbocycles. The van der Waals surface area contributed by atoms with Gasteiger partial charge < -0.3 is 9.90 Å². The summed E-state index contributed by atoms with van der Waals surface area (Å²) >= 11 is 0. The number of carboxylic acid groups (broad SMARTS) is 1. The fourth-order valence-electron chi connectivity index (χ4n) is 1.08. The van der Waals surface area contributed by atoms with Crippen LogP contribution in [0.15, 0.2) is 0 Å². The van der Waals surface area contributed by atoms with Gasteiger partial charge in [-0.05, 0) is 90.3 Å². The number of carbonyl (C=O) groups is 1. The molecule has 0 radical (unpaired) electrons. The van der Waals surface area contributed by atoms with Crippen LogP contribution in [0.1, 0.15) is 32.1 Å². The van der Waals surface area contributed by atoms with E-state index >= 15 is 0 Å². The minimum Gasteiger partial charge on any atom is -0.550 e. The highest BCUT2D eigenvalue weighted by atomic mass is 16.4. The van der Waals surface area contributed by atoms with Gasteiger partial charge in [-0.25, -0.2) is 0 Å². The molecule has 0 aromatic carbocycles. The molecule has 0 aromatic rings. The van der Waals surface area contributed by atoms with Crippen molar-refractivity contribution in [2.24, 2.45) is 0 Å². The Balaban J connectivity index is 3.91. The number of aliphatic carboxylic acids is 1. The first kappa shape index (κ1) is 18.4. The molecule has 0 unspecified atom stereocenters. The lowest BCUT2D eigenvalue weighted by molar-refractivity contribution is -0.305. The van der Waals surface area contributed by atoms with E-state index in [9.17, 15) is 9.90 Å². The van der Waals surface area contributed by atoms with Crippen molar-refractivity contribution in [3.05, 3.63) is 0 Å². The van der Waals surface area contributed by atoms with Crippen LogP contribution in [0.25, 0.3) is 0 Å². The molecule has 0 aliphatic heterocycles. The topological polar surface area (TPSA) is 40.1 Å². The average molecular weight is 283 g/mol. The Morgan fingerprint density at radius 2 is 1.23 bits per heavy atom. The highest BCUT2D eigenvalue weighted by Crippen LogP contribution is 2.00. The number of carboxylic acids is 1. The van der Waals surface area contributed by atoms with Gasteiger partial charge in [0.2, 0.25) is 0 Å². The summed E-state index contributed by atoms with van der Waals surface area (Å²) in [7, 11) is 0. The molecule has 0 rings (SSSR count). The summed E-state index contributed by atoms with van der Waals surface area (Å²) in [5.41, 5.74) is 0. The fourth-order valence-corrected chi connectivity index (χ4v) is 1.08. The van der Waals surface area contributed by atoms with Crippen LogP contribution < -0.4 is 5.11 Å². The molecule has 2 heteroatoms. The molecule has 2 nitrogen and oxygen atoms in total. The molecule has 0 heterocycles. The fraction of sp³-hybridized carbons (Fsp3) is 0.250. The number of carbonyl (C=O) groups excluding carboxylic acids is 1. The molecule has 0 saturated carbocycles. The van der Waals surface area contributed by atoms with Gasteiger partial charge >= 0.3 is 0 Å². The van der Waals surface area contributed by atoms with Crippen LogP contribution in [0.4, 0.5) is 0 Å². The van der Waals surface area contributed by atoms with Crippen molar-refractivity contribution in [3.8, 4) is 83.4 Å². The molecule has 0 aliphatic rings. The summed E-state index contributed by atoms with van der Waals surface area (Å²) in [4.78, 5) is 10.2. The van der Waals surface area contributed by atoms with E-state index in [0.29, 0.717) is 12.8 Å². The smallest absolute Gasteiger partial charge is 0.0414 e. The maximum atomic E-state index is 10.2. The first-order valence-corrected chi connectivity index (χ1v) is 6.40. The van der Waals surface area contributed by atoms with Gasteiger partial charge in [-0.2, -0.15) is 0 Å². The van der Waals surface area contributed by atoms with Gasteiger partial charge in [-0.1, -0.05) is 12.3 Å². The van der Waals surface area contributed by atoms with Gasteiger partial charge in [0.15, 0.2) is 0 Å². The SMILES string of the molecule is C#CC#CC#CC#CC#CC#CC#CCCCCCC(=O)[O-]. The molecule has 104 valence electrons. The third-order valence-corrected chi connectivity index (χ3v) is 1.97. The number of hydrogen-bond donors (Lipinski definition) is 0. The Labute approximate surface area is 132 Å². The third-order valence-electron chi connectivity index (χ3n) is 1.97. The normalized spacial score (nSPS) is 6.14. The first-order chi connectivity index (χ1) is 10.8. The van der Waals surface area contributed by atoms with Gasteiger partial charge in [-0.3, -0.25) is 0 Å². The molecule has 0 spiro atoms. The van der Waals surface area contributed by atoms with E-state index in [2.05, 4.69) is 77.0 Å². The minimum atomic E-state index is -1.01. The molecule has 0 amide bonds. The van der Waals surface area contributed by atoms with Gasteiger partial charge in [-0.15, -0.1) is 6.42 Å². The highest BCUT2D eigenvalue weighted by Gasteiger charge is 1.88. The zero-order valence-electron chi connectivity index (χ0n) is 11.9. The minimum absolute atomic E-state index is 0.102. The van der Waals surface area contributed by atoms with E-state index in [0.717, 1.165) is 12.8 Å². The molecular weight excluding hydrogens is 272 g/mol. The van der Waals surface area contributed by atoms with Crippen LogP contribution >= 0.6 is 0 Å². The second-order valence-corrected chi connectivity index (χ2v) is 3.63. The quantitative estimate of drug-likeness (QED) is 0.539. The van der Waals surface area contributed by atoms with Crippen LogP contribution in [0, 0.1) is 83.4 Å². The summed E-state index contributed by atoms with van der Waals surface area (Å²) in [5.74, 6) is 31.4. The lowest BCUT2D eigenvalue weighted by Gasteiger charge is -1.99. The first-order valence-electron chi connectivity index (χ1n) is 6.40. The third kappa shape index (κ3) is 16.4. The van der Waals surface area contributed by atoms with E-state index in [1.165, 1.54) is 0 Å². The standard InChI is InChI=1S/C20H12O2/c1-2-3-4-5-6-7-8-9-10-11-12-13-14-15-16-17-18-19-20(21)22/h1H,15-19H2,(H,21,22)/p-1. The molecule has 0 aromatic heterocycles. The summed E-state index contributed by atoms with van der Waals surface area (Å²) in [6, 6.07) is 0. The van der Waals surface area contributed by atoms with Crippen LogP contribution in [0.5, 0.6) is 0 Å². The second kappa shape index (κ2) is 15.4. The zero-order chi connectivity index (χ0) is 16.3. The van der Waals surface area contributed by atoms with Crippen molar-refractivity contribution in [1.29, 1.82) is 0 Å². The van der Waals surface area contributed by atoms with Crippen LogP contribution in [-0.2, 0) is 4.79 Å². The van der Waals surface area contributed by atoms with Crippen molar-refractivity contribution in [2.75, 3.05) is 0 Å². The van der Waals surface area contributed by atoms with Gasteiger partial charge in [0.1, 0.15) is 0 Å². The van der Waals surface area contributed by atoms with Crippen molar-refractivity contribution in [1.82, 2.24) is 0 Å². The van der Waals surface area contributed by atoms with E-state index in [4.69, 9.17) is 6.42 Å². The number of hydrogen-bond acceptors (Lipinski definition) is 2. The Kier molecular flexibility index (Phi) is 12.9. The number of unbranched alkanes of at least 4 members (excludes halogenated alkanes) is 3.